The van der Waals surface area contributed by atoms with Crippen molar-refractivity contribution >= 4 is 29.1 Å². The molecule has 168 valence electrons. The van der Waals surface area contributed by atoms with Gasteiger partial charge in [-0.05, 0) is 48.6 Å². The number of piperidine rings is 1. The second-order valence-corrected chi connectivity index (χ2v) is 9.50. The molecule has 1 saturated carbocycles. The molecule has 2 aliphatic heterocycles. The summed E-state index contributed by atoms with van der Waals surface area (Å²) < 4.78 is 45.5. The molecule has 3 aliphatic rings. The van der Waals surface area contributed by atoms with E-state index in [0.29, 0.717) is 23.6 Å². The van der Waals surface area contributed by atoms with Gasteiger partial charge in [0.25, 0.3) is 5.91 Å². The summed E-state index contributed by atoms with van der Waals surface area (Å²) in [4.78, 5) is 39.0. The van der Waals surface area contributed by atoms with Gasteiger partial charge in [0.15, 0.2) is 0 Å². The molecular weight excluding hydrogens is 445 g/mol. The Bertz CT molecular complexity index is 1110. The zero-order chi connectivity index (χ0) is 22.7. The molecule has 0 unspecified atom stereocenters. The molecule has 5 rings (SSSR count). The summed E-state index contributed by atoms with van der Waals surface area (Å²) >= 11 is 1.28. The highest BCUT2D eigenvalue weighted by Crippen LogP contribution is 2.58. The Morgan fingerprint density at radius 1 is 1.16 bits per heavy atom. The normalized spacial score (nSPS) is 22.0. The first-order valence-electron chi connectivity index (χ1n) is 10.2. The molecule has 3 amide bonds. The fourth-order valence-electron chi connectivity index (χ4n) is 4.36. The minimum absolute atomic E-state index is 0.112. The van der Waals surface area contributed by atoms with Crippen molar-refractivity contribution in [2.75, 3.05) is 0 Å². The first-order chi connectivity index (χ1) is 15.2. The number of hydrogen-bond donors (Lipinski definition) is 1. The Hall–Kier alpha value is -2.88. The van der Waals surface area contributed by atoms with E-state index in [1.807, 2.05) is 6.07 Å². The molecule has 0 bridgehead atoms. The van der Waals surface area contributed by atoms with Crippen LogP contribution in [0.4, 0.5) is 13.2 Å². The molecule has 1 saturated heterocycles. The first-order valence-corrected chi connectivity index (χ1v) is 11.1. The van der Waals surface area contributed by atoms with Crippen LogP contribution in [0.5, 0.6) is 5.75 Å². The molecule has 0 spiro atoms. The number of halogens is 3. The summed E-state index contributed by atoms with van der Waals surface area (Å²) in [5.41, 5.74) is -0.652. The van der Waals surface area contributed by atoms with E-state index in [4.69, 9.17) is 4.74 Å². The number of ether oxygens (including phenoxy) is 1. The number of thiophene rings is 1. The molecule has 1 aromatic carbocycles. The molecule has 1 aliphatic carbocycles. The number of carbonyl (C=O) groups excluding carboxylic acids is 3. The second-order valence-electron chi connectivity index (χ2n) is 8.36. The molecule has 1 aromatic heterocycles. The van der Waals surface area contributed by atoms with Gasteiger partial charge in [0.1, 0.15) is 18.4 Å². The fourth-order valence-corrected chi connectivity index (χ4v) is 5.40. The topological polar surface area (TPSA) is 75.7 Å². The Morgan fingerprint density at radius 2 is 1.88 bits per heavy atom. The minimum Gasteiger partial charge on any atom is -0.488 e. The van der Waals surface area contributed by atoms with Crippen LogP contribution in [0.3, 0.4) is 0 Å². The monoisotopic (exact) mass is 464 g/mol. The molecule has 2 aromatic rings. The lowest BCUT2D eigenvalue weighted by Crippen LogP contribution is -2.52. The predicted molar refractivity (Wildman–Crippen MR) is 108 cm³/mol. The summed E-state index contributed by atoms with van der Waals surface area (Å²) in [6.45, 7) is 0.484. The number of nitrogens with zero attached hydrogens (tertiary/aromatic N) is 1. The highest BCUT2D eigenvalue weighted by molar-refractivity contribution is 7.14. The molecule has 1 N–H and O–H groups in total. The van der Waals surface area contributed by atoms with E-state index in [0.717, 1.165) is 10.4 Å². The molecule has 3 heterocycles. The smallest absolute Gasteiger partial charge is 0.398 e. The fraction of sp³-hybridized carbons (Fsp3) is 0.409. The van der Waals surface area contributed by atoms with Crippen LogP contribution in [-0.2, 0) is 28.2 Å². The zero-order valence-electron chi connectivity index (χ0n) is 16.8. The average molecular weight is 464 g/mol. The largest absolute Gasteiger partial charge is 0.488 e. The number of carbonyl (C=O) groups is 3. The SMILES string of the molecule is O=C1CC[C@H](N2Cc3cc(COc4ccc(C5(C(F)(F)F)CC5)cc4)sc3C2=O)C(=O)N1. The van der Waals surface area contributed by atoms with Gasteiger partial charge < -0.3 is 9.64 Å². The van der Waals surface area contributed by atoms with Gasteiger partial charge in [0.2, 0.25) is 11.8 Å². The van der Waals surface area contributed by atoms with Crippen LogP contribution < -0.4 is 10.1 Å². The van der Waals surface area contributed by atoms with Gasteiger partial charge in [-0.1, -0.05) is 12.1 Å². The number of alkyl halides is 3. The lowest BCUT2D eigenvalue weighted by molar-refractivity contribution is -0.160. The van der Waals surface area contributed by atoms with Gasteiger partial charge in [-0.25, -0.2) is 0 Å². The number of amides is 3. The van der Waals surface area contributed by atoms with Crippen LogP contribution in [0.25, 0.3) is 0 Å². The van der Waals surface area contributed by atoms with Crippen molar-refractivity contribution in [2.45, 2.75) is 56.5 Å². The second kappa shape index (κ2) is 7.33. The number of rotatable bonds is 5. The number of imide groups is 1. The molecular formula is C22H19F3N2O4S. The lowest BCUT2D eigenvalue weighted by Gasteiger charge is -2.29. The van der Waals surface area contributed by atoms with E-state index in [-0.39, 0.29) is 43.2 Å². The number of fused-ring (bicyclic) bond motifs is 1. The van der Waals surface area contributed by atoms with Gasteiger partial charge in [-0.2, -0.15) is 13.2 Å². The molecule has 10 heteroatoms. The summed E-state index contributed by atoms with van der Waals surface area (Å²) in [5.74, 6) is -0.560. The maximum atomic E-state index is 13.2. The van der Waals surface area contributed by atoms with Crippen molar-refractivity contribution in [2.24, 2.45) is 0 Å². The van der Waals surface area contributed by atoms with E-state index in [1.165, 1.54) is 40.5 Å². The standard InChI is InChI=1S/C22H19F3N2O4S/c23-22(24,25)21(7-8-21)13-1-3-14(4-2-13)31-11-15-9-12-10-27(20(30)18(12)32-15)16-5-6-17(28)26-19(16)29/h1-4,9,16H,5-8,10-11H2,(H,26,28,29)/t16-/m0/s1. The first kappa shape index (κ1) is 21.0. The van der Waals surface area contributed by atoms with Crippen molar-refractivity contribution in [1.29, 1.82) is 0 Å². The lowest BCUT2D eigenvalue weighted by atomic mass is 9.95. The average Bonchev–Trinajstić information content (AvgIpc) is 3.39. The highest BCUT2D eigenvalue weighted by atomic mass is 32.1. The Labute approximate surface area is 185 Å². The summed E-state index contributed by atoms with van der Waals surface area (Å²) in [7, 11) is 0. The van der Waals surface area contributed by atoms with Crippen molar-refractivity contribution in [1.82, 2.24) is 10.2 Å². The van der Waals surface area contributed by atoms with Crippen LogP contribution in [-0.4, -0.2) is 34.8 Å². The van der Waals surface area contributed by atoms with E-state index in [1.54, 1.807) is 0 Å². The van der Waals surface area contributed by atoms with E-state index in [2.05, 4.69) is 5.32 Å². The molecule has 1 atom stereocenters. The Morgan fingerprint density at radius 3 is 2.47 bits per heavy atom. The maximum Gasteiger partial charge on any atom is 0.398 e. The summed E-state index contributed by atoms with van der Waals surface area (Å²) in [6, 6.07) is 7.21. The van der Waals surface area contributed by atoms with Crippen LogP contribution >= 0.6 is 11.3 Å². The van der Waals surface area contributed by atoms with Gasteiger partial charge in [-0.3, -0.25) is 19.7 Å². The molecule has 6 nitrogen and oxygen atoms in total. The van der Waals surface area contributed by atoms with Gasteiger partial charge in [-0.15, -0.1) is 11.3 Å². The van der Waals surface area contributed by atoms with Crippen molar-refractivity contribution in [3.63, 3.8) is 0 Å². The maximum absolute atomic E-state index is 13.2. The third-order valence-corrected chi connectivity index (χ3v) is 7.46. The third kappa shape index (κ3) is 3.46. The van der Waals surface area contributed by atoms with Gasteiger partial charge in [0, 0.05) is 17.8 Å². The number of hydrogen-bond acceptors (Lipinski definition) is 5. The van der Waals surface area contributed by atoms with Crippen molar-refractivity contribution in [3.05, 3.63) is 51.2 Å². The van der Waals surface area contributed by atoms with Crippen molar-refractivity contribution in [3.8, 4) is 5.75 Å². The van der Waals surface area contributed by atoms with E-state index >= 15 is 0 Å². The van der Waals surface area contributed by atoms with Gasteiger partial charge >= 0.3 is 6.18 Å². The zero-order valence-corrected chi connectivity index (χ0v) is 17.6. The molecule has 0 radical (unpaired) electrons. The Kier molecular flexibility index (Phi) is 4.81. The van der Waals surface area contributed by atoms with Crippen LogP contribution in [0, 0.1) is 0 Å². The highest BCUT2D eigenvalue weighted by Gasteiger charge is 2.64. The summed E-state index contributed by atoms with van der Waals surface area (Å²) in [5, 5.41) is 2.27. The van der Waals surface area contributed by atoms with Crippen LogP contribution in [0.15, 0.2) is 30.3 Å². The number of benzene rings is 1. The minimum atomic E-state index is -4.25. The van der Waals surface area contributed by atoms with Crippen LogP contribution in [0.1, 0.15) is 51.4 Å². The van der Waals surface area contributed by atoms with Crippen molar-refractivity contribution < 1.29 is 32.3 Å². The predicted octanol–water partition coefficient (Wildman–Crippen LogP) is 3.68. The summed E-state index contributed by atoms with van der Waals surface area (Å²) in [6.07, 6.45) is -3.51. The number of nitrogens with one attached hydrogen (secondary N) is 1. The molecule has 32 heavy (non-hydrogen) atoms. The molecule has 2 fully saturated rings. The Balaban J connectivity index is 1.21. The van der Waals surface area contributed by atoms with Gasteiger partial charge in [0.05, 0.1) is 10.3 Å². The van der Waals surface area contributed by atoms with Crippen LogP contribution in [0.2, 0.25) is 0 Å². The van der Waals surface area contributed by atoms with E-state index < -0.39 is 23.5 Å². The third-order valence-electron chi connectivity index (χ3n) is 6.32. The quantitative estimate of drug-likeness (QED) is 0.685. The van der Waals surface area contributed by atoms with E-state index in [9.17, 15) is 27.6 Å².